The smallest absolute Gasteiger partial charge is 0.254 e. The first kappa shape index (κ1) is 16.7. The van der Waals surface area contributed by atoms with Gasteiger partial charge in [0.1, 0.15) is 0 Å². The van der Waals surface area contributed by atoms with E-state index in [1.165, 1.54) is 12.4 Å². The SMILES string of the molecule is C[C@H]1CN(C(=O)c2cccc(CNc3ncc(Cl)cn3)c2)CCO1. The van der Waals surface area contributed by atoms with Gasteiger partial charge in [0.2, 0.25) is 5.95 Å². The van der Waals surface area contributed by atoms with Crippen LogP contribution < -0.4 is 5.32 Å². The van der Waals surface area contributed by atoms with Crippen molar-refractivity contribution in [1.29, 1.82) is 0 Å². The van der Waals surface area contributed by atoms with Crippen LogP contribution in [0.1, 0.15) is 22.8 Å². The third-order valence-corrected chi connectivity index (χ3v) is 3.97. The summed E-state index contributed by atoms with van der Waals surface area (Å²) in [5.41, 5.74) is 1.67. The fourth-order valence-electron chi connectivity index (χ4n) is 2.58. The summed E-state index contributed by atoms with van der Waals surface area (Å²) < 4.78 is 5.49. The molecule has 2 heterocycles. The molecular formula is C17H19ClN4O2. The Morgan fingerprint density at radius 2 is 2.21 bits per heavy atom. The van der Waals surface area contributed by atoms with E-state index in [0.29, 0.717) is 42.8 Å². The van der Waals surface area contributed by atoms with Gasteiger partial charge in [0, 0.05) is 25.2 Å². The van der Waals surface area contributed by atoms with Crippen LogP contribution in [0.3, 0.4) is 0 Å². The van der Waals surface area contributed by atoms with Gasteiger partial charge in [0.05, 0.1) is 30.1 Å². The summed E-state index contributed by atoms with van der Waals surface area (Å²) in [5.74, 6) is 0.535. The van der Waals surface area contributed by atoms with Crippen LogP contribution in [0, 0.1) is 0 Å². The van der Waals surface area contributed by atoms with Crippen molar-refractivity contribution < 1.29 is 9.53 Å². The Labute approximate surface area is 145 Å². The number of carbonyl (C=O) groups is 1. The van der Waals surface area contributed by atoms with Crippen molar-refractivity contribution in [2.24, 2.45) is 0 Å². The van der Waals surface area contributed by atoms with Crippen LogP contribution in [0.5, 0.6) is 0 Å². The summed E-state index contributed by atoms with van der Waals surface area (Å²) in [4.78, 5) is 22.6. The van der Waals surface area contributed by atoms with Crippen molar-refractivity contribution >= 4 is 23.5 Å². The average molecular weight is 347 g/mol. The number of aromatic nitrogens is 2. The summed E-state index contributed by atoms with van der Waals surface area (Å²) in [5, 5.41) is 3.61. The molecule has 1 aliphatic rings. The summed E-state index contributed by atoms with van der Waals surface area (Å²) in [6, 6.07) is 7.58. The molecular weight excluding hydrogens is 328 g/mol. The monoisotopic (exact) mass is 346 g/mol. The lowest BCUT2D eigenvalue weighted by atomic mass is 10.1. The largest absolute Gasteiger partial charge is 0.375 e. The lowest BCUT2D eigenvalue weighted by Gasteiger charge is -2.31. The molecule has 0 unspecified atom stereocenters. The average Bonchev–Trinajstić information content (AvgIpc) is 2.61. The first-order chi connectivity index (χ1) is 11.6. The molecule has 0 bridgehead atoms. The van der Waals surface area contributed by atoms with Gasteiger partial charge < -0.3 is 15.0 Å². The van der Waals surface area contributed by atoms with Crippen LogP contribution in [0.4, 0.5) is 5.95 Å². The van der Waals surface area contributed by atoms with Crippen LogP contribution in [-0.2, 0) is 11.3 Å². The predicted molar refractivity (Wildman–Crippen MR) is 92.1 cm³/mol. The topological polar surface area (TPSA) is 67.4 Å². The van der Waals surface area contributed by atoms with E-state index in [0.717, 1.165) is 5.56 Å². The Morgan fingerprint density at radius 1 is 1.42 bits per heavy atom. The van der Waals surface area contributed by atoms with Crippen molar-refractivity contribution in [3.8, 4) is 0 Å². The second-order valence-corrected chi connectivity index (χ2v) is 6.15. The Morgan fingerprint density at radius 3 is 2.96 bits per heavy atom. The number of benzene rings is 1. The highest BCUT2D eigenvalue weighted by atomic mass is 35.5. The number of morpholine rings is 1. The molecule has 1 atom stereocenters. The van der Waals surface area contributed by atoms with E-state index in [1.54, 1.807) is 0 Å². The van der Waals surface area contributed by atoms with E-state index in [9.17, 15) is 4.79 Å². The van der Waals surface area contributed by atoms with E-state index in [-0.39, 0.29) is 12.0 Å². The summed E-state index contributed by atoms with van der Waals surface area (Å²) >= 11 is 5.76. The molecule has 1 fully saturated rings. The second-order valence-electron chi connectivity index (χ2n) is 5.71. The fraction of sp³-hybridized carbons (Fsp3) is 0.353. The van der Waals surface area contributed by atoms with Gasteiger partial charge in [-0.15, -0.1) is 0 Å². The highest BCUT2D eigenvalue weighted by molar-refractivity contribution is 6.30. The minimum absolute atomic E-state index is 0.0368. The fourth-order valence-corrected chi connectivity index (χ4v) is 2.68. The maximum atomic E-state index is 12.6. The maximum Gasteiger partial charge on any atom is 0.254 e. The van der Waals surface area contributed by atoms with Gasteiger partial charge >= 0.3 is 0 Å². The van der Waals surface area contributed by atoms with E-state index in [4.69, 9.17) is 16.3 Å². The van der Waals surface area contributed by atoms with Crippen molar-refractivity contribution in [1.82, 2.24) is 14.9 Å². The maximum absolute atomic E-state index is 12.6. The molecule has 1 aliphatic heterocycles. The van der Waals surface area contributed by atoms with E-state index >= 15 is 0 Å². The van der Waals surface area contributed by atoms with Crippen molar-refractivity contribution in [2.75, 3.05) is 25.0 Å². The normalized spacial score (nSPS) is 17.6. The summed E-state index contributed by atoms with van der Waals surface area (Å²) in [6.45, 7) is 4.35. The van der Waals surface area contributed by atoms with Crippen LogP contribution in [0.25, 0.3) is 0 Å². The molecule has 24 heavy (non-hydrogen) atoms. The lowest BCUT2D eigenvalue weighted by molar-refractivity contribution is -0.0124. The Hall–Kier alpha value is -2.18. The summed E-state index contributed by atoms with van der Waals surface area (Å²) in [7, 11) is 0. The van der Waals surface area contributed by atoms with Gasteiger partial charge in [0.15, 0.2) is 0 Å². The van der Waals surface area contributed by atoms with Gasteiger partial charge in [-0.05, 0) is 24.6 Å². The van der Waals surface area contributed by atoms with Crippen molar-refractivity contribution in [3.63, 3.8) is 0 Å². The summed E-state index contributed by atoms with van der Waals surface area (Å²) in [6.07, 6.45) is 3.15. The molecule has 0 aliphatic carbocycles. The number of amides is 1. The molecule has 1 saturated heterocycles. The van der Waals surface area contributed by atoms with E-state index < -0.39 is 0 Å². The molecule has 7 heteroatoms. The Balaban J connectivity index is 1.65. The first-order valence-electron chi connectivity index (χ1n) is 7.83. The number of nitrogens with zero attached hydrogens (tertiary/aromatic N) is 3. The van der Waals surface area contributed by atoms with Gasteiger partial charge in [0.25, 0.3) is 5.91 Å². The van der Waals surface area contributed by atoms with Crippen LogP contribution in [0.15, 0.2) is 36.7 Å². The second kappa shape index (κ2) is 7.59. The number of nitrogens with one attached hydrogen (secondary N) is 1. The molecule has 0 radical (unpaired) electrons. The molecule has 1 amide bonds. The number of hydrogen-bond acceptors (Lipinski definition) is 5. The Kier molecular flexibility index (Phi) is 5.27. The van der Waals surface area contributed by atoms with Gasteiger partial charge in [-0.25, -0.2) is 9.97 Å². The third-order valence-electron chi connectivity index (χ3n) is 3.77. The zero-order valence-corrected chi connectivity index (χ0v) is 14.2. The quantitative estimate of drug-likeness (QED) is 0.921. The number of hydrogen-bond donors (Lipinski definition) is 1. The number of anilines is 1. The molecule has 1 aromatic carbocycles. The highest BCUT2D eigenvalue weighted by Crippen LogP contribution is 2.13. The van der Waals surface area contributed by atoms with Crippen molar-refractivity contribution in [3.05, 3.63) is 52.8 Å². The zero-order chi connectivity index (χ0) is 16.9. The molecule has 126 valence electrons. The standard InChI is InChI=1S/C17H19ClN4O2/c1-12-11-22(5-6-24-12)16(23)14-4-2-3-13(7-14)8-19-17-20-9-15(18)10-21-17/h2-4,7,9-10,12H,5-6,8,11H2,1H3,(H,19,20,21)/t12-/m0/s1. The minimum Gasteiger partial charge on any atom is -0.375 e. The molecule has 0 saturated carbocycles. The third kappa shape index (κ3) is 4.21. The van der Waals surface area contributed by atoms with Crippen molar-refractivity contribution in [2.45, 2.75) is 19.6 Å². The van der Waals surface area contributed by atoms with Gasteiger partial charge in [-0.3, -0.25) is 4.79 Å². The van der Waals surface area contributed by atoms with Crippen LogP contribution in [0.2, 0.25) is 5.02 Å². The molecule has 6 nitrogen and oxygen atoms in total. The molecule has 1 N–H and O–H groups in total. The number of carbonyl (C=O) groups excluding carboxylic acids is 1. The molecule has 1 aromatic heterocycles. The van der Waals surface area contributed by atoms with Crippen LogP contribution in [-0.4, -0.2) is 46.6 Å². The Bertz CT molecular complexity index is 708. The molecule has 2 aromatic rings. The number of ether oxygens (including phenoxy) is 1. The van der Waals surface area contributed by atoms with Gasteiger partial charge in [-0.2, -0.15) is 0 Å². The molecule has 0 spiro atoms. The number of rotatable bonds is 4. The first-order valence-corrected chi connectivity index (χ1v) is 8.21. The number of halogens is 1. The highest BCUT2D eigenvalue weighted by Gasteiger charge is 2.22. The van der Waals surface area contributed by atoms with Gasteiger partial charge in [-0.1, -0.05) is 23.7 Å². The van der Waals surface area contributed by atoms with Crippen LogP contribution >= 0.6 is 11.6 Å². The predicted octanol–water partition coefficient (Wildman–Crippen LogP) is 2.60. The zero-order valence-electron chi connectivity index (χ0n) is 13.4. The lowest BCUT2D eigenvalue weighted by Crippen LogP contribution is -2.44. The van der Waals surface area contributed by atoms with E-state index in [1.807, 2.05) is 36.1 Å². The molecule has 3 rings (SSSR count). The minimum atomic E-state index is 0.0368. The van der Waals surface area contributed by atoms with E-state index in [2.05, 4.69) is 15.3 Å².